The van der Waals surface area contributed by atoms with Crippen molar-refractivity contribution in [3.63, 3.8) is 0 Å². The molecule has 0 aliphatic heterocycles. The van der Waals surface area contributed by atoms with Gasteiger partial charge in [0.2, 0.25) is 5.88 Å². The first-order valence-corrected chi connectivity index (χ1v) is 4.87. The zero-order chi connectivity index (χ0) is 11.0. The summed E-state index contributed by atoms with van der Waals surface area (Å²) < 4.78 is 1.64. The minimum atomic E-state index is -0.0692. The molecule has 2 aromatic rings. The quantitative estimate of drug-likeness (QED) is 0.838. The molecule has 0 saturated heterocycles. The summed E-state index contributed by atoms with van der Waals surface area (Å²) >= 11 is 11.7. The van der Waals surface area contributed by atoms with E-state index in [-0.39, 0.29) is 5.88 Å². The molecule has 0 amide bonds. The number of rotatable bonds is 1. The third-order valence-electron chi connectivity index (χ3n) is 1.88. The molecular formula is C9H7Cl2N3O. The van der Waals surface area contributed by atoms with Crippen molar-refractivity contribution in [2.75, 3.05) is 0 Å². The predicted molar refractivity (Wildman–Crippen MR) is 58.1 cm³/mol. The Morgan fingerprint density at radius 2 is 2.13 bits per heavy atom. The highest BCUT2D eigenvalue weighted by Crippen LogP contribution is 2.27. The van der Waals surface area contributed by atoms with Crippen LogP contribution in [0.2, 0.25) is 10.0 Å². The SMILES string of the molecule is Cn1cc(O)nc1-c1ncc(Cl)cc1Cl. The normalized spacial score (nSPS) is 10.6. The fourth-order valence-corrected chi connectivity index (χ4v) is 1.71. The van der Waals surface area contributed by atoms with Crippen molar-refractivity contribution in [3.8, 4) is 17.4 Å². The number of halogens is 2. The molecule has 0 aliphatic carbocycles. The maximum Gasteiger partial charge on any atom is 0.229 e. The van der Waals surface area contributed by atoms with Crippen LogP contribution in [0, 0.1) is 0 Å². The summed E-state index contributed by atoms with van der Waals surface area (Å²) in [6.45, 7) is 0. The topological polar surface area (TPSA) is 50.9 Å². The minimum Gasteiger partial charge on any atom is -0.492 e. The first kappa shape index (κ1) is 10.3. The highest BCUT2D eigenvalue weighted by atomic mass is 35.5. The van der Waals surface area contributed by atoms with E-state index in [0.717, 1.165) is 0 Å². The summed E-state index contributed by atoms with van der Waals surface area (Å²) in [7, 11) is 1.74. The van der Waals surface area contributed by atoms with Crippen molar-refractivity contribution in [2.24, 2.45) is 7.05 Å². The molecule has 2 heterocycles. The fourth-order valence-electron chi connectivity index (χ4n) is 1.25. The molecule has 0 aromatic carbocycles. The average Bonchev–Trinajstić information content (AvgIpc) is 2.45. The van der Waals surface area contributed by atoms with Crippen molar-refractivity contribution in [3.05, 3.63) is 28.5 Å². The van der Waals surface area contributed by atoms with E-state index in [1.807, 2.05) is 0 Å². The van der Waals surface area contributed by atoms with E-state index in [1.54, 1.807) is 17.7 Å². The van der Waals surface area contributed by atoms with Gasteiger partial charge >= 0.3 is 0 Å². The van der Waals surface area contributed by atoms with Crippen molar-refractivity contribution in [1.29, 1.82) is 0 Å². The number of aromatic nitrogens is 3. The summed E-state index contributed by atoms with van der Waals surface area (Å²) in [5.41, 5.74) is 0.490. The van der Waals surface area contributed by atoms with E-state index in [4.69, 9.17) is 23.2 Å². The van der Waals surface area contributed by atoms with Crippen LogP contribution in [0.3, 0.4) is 0 Å². The molecule has 78 valence electrons. The van der Waals surface area contributed by atoms with Gasteiger partial charge in [0.15, 0.2) is 5.82 Å². The second-order valence-electron chi connectivity index (χ2n) is 3.02. The van der Waals surface area contributed by atoms with Crippen LogP contribution in [0.15, 0.2) is 18.5 Å². The third-order valence-corrected chi connectivity index (χ3v) is 2.38. The summed E-state index contributed by atoms with van der Waals surface area (Å²) in [5.74, 6) is 0.425. The van der Waals surface area contributed by atoms with Gasteiger partial charge in [-0.3, -0.25) is 0 Å². The Morgan fingerprint density at radius 3 is 2.67 bits per heavy atom. The molecule has 0 unspecified atom stereocenters. The van der Waals surface area contributed by atoms with Gasteiger partial charge in [-0.15, -0.1) is 0 Å². The van der Waals surface area contributed by atoms with Crippen molar-refractivity contribution in [1.82, 2.24) is 14.5 Å². The Morgan fingerprint density at radius 1 is 1.40 bits per heavy atom. The summed E-state index contributed by atoms with van der Waals surface area (Å²) in [6.07, 6.45) is 2.95. The largest absolute Gasteiger partial charge is 0.492 e. The standard InChI is InChI=1S/C9H7Cl2N3O/c1-14-4-7(15)13-9(14)8-6(11)2-5(10)3-12-8/h2-4,15H,1H3. The highest BCUT2D eigenvalue weighted by molar-refractivity contribution is 6.35. The van der Waals surface area contributed by atoms with Crippen LogP contribution in [-0.2, 0) is 7.05 Å². The van der Waals surface area contributed by atoms with E-state index in [0.29, 0.717) is 21.6 Å². The van der Waals surface area contributed by atoms with Gasteiger partial charge in [0.1, 0.15) is 5.69 Å². The Balaban J connectivity index is 2.59. The van der Waals surface area contributed by atoms with E-state index in [1.165, 1.54) is 12.4 Å². The molecule has 15 heavy (non-hydrogen) atoms. The Kier molecular flexibility index (Phi) is 2.54. The van der Waals surface area contributed by atoms with Crippen molar-refractivity contribution < 1.29 is 5.11 Å². The molecular weight excluding hydrogens is 237 g/mol. The van der Waals surface area contributed by atoms with Crippen LogP contribution < -0.4 is 0 Å². The van der Waals surface area contributed by atoms with Crippen molar-refractivity contribution in [2.45, 2.75) is 0 Å². The molecule has 0 aliphatic rings. The summed E-state index contributed by atoms with van der Waals surface area (Å²) in [4.78, 5) is 7.96. The molecule has 0 atom stereocenters. The molecule has 2 aromatic heterocycles. The van der Waals surface area contributed by atoms with Crippen LogP contribution in [0.4, 0.5) is 0 Å². The van der Waals surface area contributed by atoms with Gasteiger partial charge in [-0.2, -0.15) is 4.98 Å². The van der Waals surface area contributed by atoms with Gasteiger partial charge in [-0.05, 0) is 6.07 Å². The molecule has 2 rings (SSSR count). The van der Waals surface area contributed by atoms with Crippen LogP contribution in [0.5, 0.6) is 5.88 Å². The number of hydrogen-bond donors (Lipinski definition) is 1. The first-order valence-electron chi connectivity index (χ1n) is 4.11. The second kappa shape index (κ2) is 3.72. The zero-order valence-corrected chi connectivity index (χ0v) is 9.29. The summed E-state index contributed by atoms with van der Waals surface area (Å²) in [6, 6.07) is 1.58. The monoisotopic (exact) mass is 243 g/mol. The lowest BCUT2D eigenvalue weighted by Crippen LogP contribution is -1.94. The van der Waals surface area contributed by atoms with E-state index >= 15 is 0 Å². The molecule has 0 fully saturated rings. The van der Waals surface area contributed by atoms with Gasteiger partial charge < -0.3 is 9.67 Å². The van der Waals surface area contributed by atoms with Crippen LogP contribution in [-0.4, -0.2) is 19.6 Å². The van der Waals surface area contributed by atoms with Crippen LogP contribution in [0.1, 0.15) is 0 Å². The smallest absolute Gasteiger partial charge is 0.229 e. The highest BCUT2D eigenvalue weighted by Gasteiger charge is 2.12. The lowest BCUT2D eigenvalue weighted by atomic mass is 10.3. The third kappa shape index (κ3) is 1.91. The predicted octanol–water partition coefficient (Wildman–Crippen LogP) is 2.49. The zero-order valence-electron chi connectivity index (χ0n) is 7.78. The Bertz CT molecular complexity index is 510. The lowest BCUT2D eigenvalue weighted by molar-refractivity contribution is 0.456. The lowest BCUT2D eigenvalue weighted by Gasteiger charge is -2.02. The number of hydrogen-bond acceptors (Lipinski definition) is 3. The van der Waals surface area contributed by atoms with E-state index < -0.39 is 0 Å². The summed E-state index contributed by atoms with van der Waals surface area (Å²) in [5, 5.41) is 10.1. The Labute approximate surface area is 96.1 Å². The van der Waals surface area contributed by atoms with Gasteiger partial charge in [0.25, 0.3) is 0 Å². The second-order valence-corrected chi connectivity index (χ2v) is 3.86. The molecule has 0 saturated carbocycles. The molecule has 1 N–H and O–H groups in total. The average molecular weight is 244 g/mol. The molecule has 4 nitrogen and oxygen atoms in total. The fraction of sp³-hybridized carbons (Fsp3) is 0.111. The van der Waals surface area contributed by atoms with Crippen LogP contribution in [0.25, 0.3) is 11.5 Å². The molecule has 6 heteroatoms. The first-order chi connectivity index (χ1) is 7.08. The van der Waals surface area contributed by atoms with Crippen LogP contribution >= 0.6 is 23.2 Å². The maximum absolute atomic E-state index is 9.21. The van der Waals surface area contributed by atoms with Crippen molar-refractivity contribution >= 4 is 23.2 Å². The van der Waals surface area contributed by atoms with E-state index in [9.17, 15) is 5.11 Å². The number of nitrogens with zero attached hydrogens (tertiary/aromatic N) is 3. The molecule has 0 bridgehead atoms. The molecule has 0 radical (unpaired) electrons. The number of aromatic hydroxyl groups is 1. The van der Waals surface area contributed by atoms with Gasteiger partial charge in [-0.25, -0.2) is 4.98 Å². The molecule has 0 spiro atoms. The number of aryl methyl sites for hydroxylation is 1. The van der Waals surface area contributed by atoms with Gasteiger partial charge in [0.05, 0.1) is 16.2 Å². The van der Waals surface area contributed by atoms with Gasteiger partial charge in [0, 0.05) is 13.2 Å². The van der Waals surface area contributed by atoms with Gasteiger partial charge in [-0.1, -0.05) is 23.2 Å². The number of imidazole rings is 1. The van der Waals surface area contributed by atoms with E-state index in [2.05, 4.69) is 9.97 Å². The Hall–Kier alpha value is -1.26. The minimum absolute atomic E-state index is 0.0692. The maximum atomic E-state index is 9.21. The number of pyridine rings is 1.